The predicted octanol–water partition coefficient (Wildman–Crippen LogP) is 5.40. The van der Waals surface area contributed by atoms with Crippen molar-refractivity contribution in [2.24, 2.45) is 0 Å². The second kappa shape index (κ2) is 8.22. The highest BCUT2D eigenvalue weighted by Crippen LogP contribution is 2.24. The number of thiocarbonyl (C=S) groups is 1. The largest absolute Gasteiger partial charge is 0.332 e. The molecule has 0 amide bonds. The number of aromatic nitrogens is 3. The lowest BCUT2D eigenvalue weighted by molar-refractivity contribution is 0.687. The normalized spacial score (nSPS) is 10.6. The molecule has 5 nitrogen and oxygen atoms in total. The van der Waals surface area contributed by atoms with Gasteiger partial charge in [0.25, 0.3) is 0 Å². The van der Waals surface area contributed by atoms with Gasteiger partial charge in [0.1, 0.15) is 6.33 Å². The molecule has 0 spiro atoms. The van der Waals surface area contributed by atoms with E-state index in [1.807, 2.05) is 31.2 Å². The molecule has 1 aromatic heterocycles. The van der Waals surface area contributed by atoms with Gasteiger partial charge in [0.2, 0.25) is 5.95 Å². The van der Waals surface area contributed by atoms with Crippen LogP contribution in [0.25, 0.3) is 0 Å². The van der Waals surface area contributed by atoms with Crippen LogP contribution in [0.15, 0.2) is 42.7 Å². The number of nitrogens with one attached hydrogen (secondary N) is 2. The van der Waals surface area contributed by atoms with Crippen molar-refractivity contribution in [2.75, 3.05) is 10.6 Å². The molecule has 1 heterocycles. The molecule has 3 rings (SSSR count). The van der Waals surface area contributed by atoms with E-state index >= 15 is 0 Å². The summed E-state index contributed by atoms with van der Waals surface area (Å²) in [6, 6.07) is 11.0. The summed E-state index contributed by atoms with van der Waals surface area (Å²) in [5.41, 5.74) is 2.70. The van der Waals surface area contributed by atoms with E-state index in [9.17, 15) is 0 Å². The van der Waals surface area contributed by atoms with Gasteiger partial charge in [0.05, 0.1) is 16.6 Å². The van der Waals surface area contributed by atoms with Gasteiger partial charge in [-0.2, -0.15) is 0 Å². The van der Waals surface area contributed by atoms with Gasteiger partial charge in [0, 0.05) is 10.7 Å². The Hall–Kier alpha value is -1.86. The fraction of sp³-hybridized carbons (Fsp3) is 0.118. The topological polar surface area (TPSA) is 54.8 Å². The first-order valence-electron chi connectivity index (χ1n) is 7.59. The highest BCUT2D eigenvalue weighted by atomic mass is 35.5. The van der Waals surface area contributed by atoms with Crippen LogP contribution in [0, 0.1) is 6.92 Å². The number of anilines is 2. The van der Waals surface area contributed by atoms with Crippen molar-refractivity contribution in [3.63, 3.8) is 0 Å². The summed E-state index contributed by atoms with van der Waals surface area (Å²) in [5, 5.41) is 12.4. The zero-order chi connectivity index (χ0) is 18.7. The highest BCUT2D eigenvalue weighted by Gasteiger charge is 2.08. The molecule has 9 heteroatoms. The Morgan fingerprint density at radius 1 is 1.08 bits per heavy atom. The van der Waals surface area contributed by atoms with Gasteiger partial charge in [-0.15, -0.1) is 5.10 Å². The average Bonchev–Trinajstić information content (AvgIpc) is 3.02. The van der Waals surface area contributed by atoms with E-state index in [1.54, 1.807) is 23.1 Å². The molecule has 0 atom stereocenters. The second-order valence-corrected chi connectivity index (χ2v) is 7.14. The summed E-state index contributed by atoms with van der Waals surface area (Å²) < 4.78 is 1.68. The minimum Gasteiger partial charge on any atom is -0.332 e. The average molecular weight is 427 g/mol. The van der Waals surface area contributed by atoms with Crippen molar-refractivity contribution >= 4 is 63.8 Å². The van der Waals surface area contributed by atoms with Crippen LogP contribution in [0.5, 0.6) is 0 Å². The zero-order valence-corrected chi connectivity index (χ0v) is 16.7. The van der Waals surface area contributed by atoms with Crippen molar-refractivity contribution < 1.29 is 0 Å². The fourth-order valence-electron chi connectivity index (χ4n) is 2.25. The van der Waals surface area contributed by atoms with Crippen LogP contribution >= 0.6 is 47.0 Å². The number of hydrogen-bond donors (Lipinski definition) is 2. The number of nitrogens with zero attached hydrogens (tertiary/aromatic N) is 3. The highest BCUT2D eigenvalue weighted by molar-refractivity contribution is 7.80. The minimum atomic E-state index is 0.377. The summed E-state index contributed by atoms with van der Waals surface area (Å²) in [6.45, 7) is 2.43. The Morgan fingerprint density at radius 2 is 1.88 bits per heavy atom. The molecular weight excluding hydrogens is 413 g/mol. The summed E-state index contributed by atoms with van der Waals surface area (Å²) in [5.74, 6) is 0.391. The van der Waals surface area contributed by atoms with Gasteiger partial charge in [-0.1, -0.05) is 46.9 Å². The number of hydrogen-bond acceptors (Lipinski definition) is 3. The van der Waals surface area contributed by atoms with E-state index in [0.717, 1.165) is 16.8 Å². The van der Waals surface area contributed by atoms with Crippen LogP contribution < -0.4 is 10.6 Å². The molecule has 0 aliphatic heterocycles. The predicted molar refractivity (Wildman–Crippen MR) is 112 cm³/mol. The third kappa shape index (κ3) is 4.65. The molecule has 0 aliphatic rings. The van der Waals surface area contributed by atoms with Crippen molar-refractivity contribution in [3.8, 4) is 0 Å². The molecule has 2 aromatic carbocycles. The van der Waals surface area contributed by atoms with E-state index in [2.05, 4.69) is 20.7 Å². The van der Waals surface area contributed by atoms with E-state index < -0.39 is 0 Å². The Balaban J connectivity index is 1.63. The molecule has 26 heavy (non-hydrogen) atoms. The van der Waals surface area contributed by atoms with Gasteiger partial charge >= 0.3 is 0 Å². The Labute approximate surface area is 171 Å². The standard InChI is InChI=1S/C17H14Cl3N5S/c1-10-12(18)3-2-4-15(10)22-17(26)23-16-21-9-25(24-16)8-11-5-6-13(19)14(20)7-11/h2-7,9H,8H2,1H3,(H2,22,23,24,26). The van der Waals surface area contributed by atoms with Gasteiger partial charge in [0.15, 0.2) is 5.11 Å². The van der Waals surface area contributed by atoms with Crippen LogP contribution in [0.1, 0.15) is 11.1 Å². The maximum Gasteiger partial charge on any atom is 0.248 e. The van der Waals surface area contributed by atoms with Gasteiger partial charge in [-0.3, -0.25) is 5.32 Å². The quantitative estimate of drug-likeness (QED) is 0.547. The first kappa shape index (κ1) is 18.9. The van der Waals surface area contributed by atoms with Gasteiger partial charge in [-0.05, 0) is 54.5 Å². The molecule has 0 radical (unpaired) electrons. The smallest absolute Gasteiger partial charge is 0.248 e. The monoisotopic (exact) mass is 425 g/mol. The Kier molecular flexibility index (Phi) is 5.98. The summed E-state index contributed by atoms with van der Waals surface area (Å²) >= 11 is 23.4. The van der Waals surface area contributed by atoms with E-state index in [0.29, 0.717) is 32.7 Å². The Morgan fingerprint density at radius 3 is 2.65 bits per heavy atom. The Bertz CT molecular complexity index is 957. The molecule has 0 fully saturated rings. The maximum absolute atomic E-state index is 6.11. The molecule has 3 aromatic rings. The van der Waals surface area contributed by atoms with E-state index in [4.69, 9.17) is 47.0 Å². The van der Waals surface area contributed by atoms with Crippen LogP contribution in [0.3, 0.4) is 0 Å². The molecule has 134 valence electrons. The van der Waals surface area contributed by atoms with Crippen molar-refractivity contribution in [2.45, 2.75) is 13.5 Å². The lowest BCUT2D eigenvalue weighted by Gasteiger charge is -2.11. The van der Waals surface area contributed by atoms with Crippen LogP contribution in [-0.2, 0) is 6.54 Å². The summed E-state index contributed by atoms with van der Waals surface area (Å²) in [7, 11) is 0. The van der Waals surface area contributed by atoms with E-state index in [-0.39, 0.29) is 0 Å². The van der Waals surface area contributed by atoms with Gasteiger partial charge < -0.3 is 5.32 Å². The molecule has 0 saturated heterocycles. The first-order valence-corrected chi connectivity index (χ1v) is 9.13. The number of rotatable bonds is 4. The third-order valence-corrected chi connectivity index (χ3v) is 4.96. The molecular formula is C17H14Cl3N5S. The number of benzene rings is 2. The first-order chi connectivity index (χ1) is 12.4. The molecule has 0 unspecified atom stereocenters. The van der Waals surface area contributed by atoms with Crippen molar-refractivity contribution in [1.29, 1.82) is 0 Å². The van der Waals surface area contributed by atoms with Crippen LogP contribution in [0.2, 0.25) is 15.1 Å². The van der Waals surface area contributed by atoms with Crippen LogP contribution in [-0.4, -0.2) is 19.9 Å². The van der Waals surface area contributed by atoms with Crippen LogP contribution in [0.4, 0.5) is 11.6 Å². The van der Waals surface area contributed by atoms with Crippen molar-refractivity contribution in [1.82, 2.24) is 14.8 Å². The fourth-order valence-corrected chi connectivity index (χ4v) is 2.95. The minimum absolute atomic E-state index is 0.377. The number of halogens is 3. The molecule has 0 saturated carbocycles. The van der Waals surface area contributed by atoms with E-state index in [1.165, 1.54) is 0 Å². The maximum atomic E-state index is 6.11. The molecule has 0 aliphatic carbocycles. The van der Waals surface area contributed by atoms with Gasteiger partial charge in [-0.25, -0.2) is 9.67 Å². The molecule has 0 bridgehead atoms. The lowest BCUT2D eigenvalue weighted by atomic mass is 10.2. The summed E-state index contributed by atoms with van der Waals surface area (Å²) in [6.07, 6.45) is 1.61. The molecule has 2 N–H and O–H groups in total. The third-order valence-electron chi connectivity index (χ3n) is 3.61. The second-order valence-electron chi connectivity index (χ2n) is 5.51. The zero-order valence-electron chi connectivity index (χ0n) is 13.6. The lowest BCUT2D eigenvalue weighted by Crippen LogP contribution is -2.20. The summed E-state index contributed by atoms with van der Waals surface area (Å²) in [4.78, 5) is 4.20. The van der Waals surface area contributed by atoms with Crippen molar-refractivity contribution in [3.05, 3.63) is 68.9 Å². The SMILES string of the molecule is Cc1c(Cl)cccc1NC(=S)Nc1ncn(Cc2ccc(Cl)c(Cl)c2)n1.